The van der Waals surface area contributed by atoms with E-state index in [2.05, 4.69) is 16.4 Å². The van der Waals surface area contributed by atoms with Gasteiger partial charge in [-0.3, -0.25) is 10.1 Å². The summed E-state index contributed by atoms with van der Waals surface area (Å²) in [6, 6.07) is 19.1. The number of thioether (sulfide) groups is 1. The number of methoxy groups -OCH3 is 1. The molecule has 9 heteroatoms. The van der Waals surface area contributed by atoms with Crippen LogP contribution >= 0.6 is 23.1 Å². The molecule has 0 aliphatic carbocycles. The summed E-state index contributed by atoms with van der Waals surface area (Å²) in [7, 11) is 1.61. The Morgan fingerprint density at radius 2 is 1.97 bits per heavy atom. The molecule has 1 amide bonds. The lowest BCUT2D eigenvalue weighted by atomic mass is 10.1. The molecule has 0 saturated carbocycles. The lowest BCUT2D eigenvalue weighted by molar-refractivity contribution is 0.102. The first-order valence-electron chi connectivity index (χ1n) is 9.67. The number of benzene rings is 2. The van der Waals surface area contributed by atoms with Crippen LogP contribution in [0.3, 0.4) is 0 Å². The van der Waals surface area contributed by atoms with E-state index in [0.29, 0.717) is 22.1 Å². The van der Waals surface area contributed by atoms with Crippen molar-refractivity contribution in [2.75, 3.05) is 18.2 Å². The molecule has 0 aliphatic rings. The Morgan fingerprint density at radius 1 is 1.22 bits per heavy atom. The minimum Gasteiger partial charge on any atom is -0.497 e. The molecule has 2 heterocycles. The highest BCUT2D eigenvalue weighted by atomic mass is 32.2. The first-order valence-corrected chi connectivity index (χ1v) is 11.5. The molecule has 0 radical (unpaired) electrons. The van der Waals surface area contributed by atoms with Crippen LogP contribution in [-0.2, 0) is 0 Å². The number of hydrogen-bond donors (Lipinski definition) is 1. The van der Waals surface area contributed by atoms with Crippen LogP contribution in [0.5, 0.6) is 5.75 Å². The van der Waals surface area contributed by atoms with E-state index in [1.165, 1.54) is 23.1 Å². The maximum Gasteiger partial charge on any atom is 0.261 e. The minimum absolute atomic E-state index is 0.302. The van der Waals surface area contributed by atoms with E-state index in [0.717, 1.165) is 26.9 Å². The van der Waals surface area contributed by atoms with Crippen molar-refractivity contribution in [2.45, 2.75) is 11.1 Å². The van der Waals surface area contributed by atoms with Gasteiger partial charge in [-0.2, -0.15) is 10.4 Å². The third-order valence-corrected chi connectivity index (χ3v) is 6.89. The van der Waals surface area contributed by atoms with Crippen LogP contribution in [0.4, 0.5) is 5.13 Å². The van der Waals surface area contributed by atoms with Crippen molar-refractivity contribution in [1.29, 1.82) is 5.26 Å². The van der Waals surface area contributed by atoms with Crippen molar-refractivity contribution in [3.63, 3.8) is 0 Å². The zero-order valence-electron chi connectivity index (χ0n) is 17.4. The second-order valence-electron chi connectivity index (χ2n) is 6.69. The molecule has 0 fully saturated rings. The maximum atomic E-state index is 13.2. The summed E-state index contributed by atoms with van der Waals surface area (Å²) in [6.07, 6.45) is 1.72. The zero-order valence-corrected chi connectivity index (χ0v) is 19.0. The van der Waals surface area contributed by atoms with E-state index in [1.807, 2.05) is 61.5 Å². The number of ether oxygens (including phenoxy) is 1. The Hall–Kier alpha value is -3.61. The summed E-state index contributed by atoms with van der Waals surface area (Å²) in [6.45, 7) is 1.86. The Morgan fingerprint density at radius 3 is 2.66 bits per heavy atom. The number of thiazole rings is 1. The van der Waals surface area contributed by atoms with Crippen LogP contribution in [0.1, 0.15) is 16.1 Å². The smallest absolute Gasteiger partial charge is 0.261 e. The van der Waals surface area contributed by atoms with E-state index in [9.17, 15) is 4.79 Å². The van der Waals surface area contributed by atoms with E-state index >= 15 is 0 Å². The number of nitrogens with one attached hydrogen (secondary N) is 1. The largest absolute Gasteiger partial charge is 0.497 e. The second-order valence-corrected chi connectivity index (χ2v) is 8.94. The van der Waals surface area contributed by atoms with Gasteiger partial charge in [0.05, 0.1) is 40.1 Å². The van der Waals surface area contributed by atoms with Gasteiger partial charge in [0.15, 0.2) is 5.13 Å². The highest BCUT2D eigenvalue weighted by molar-refractivity contribution is 8.01. The van der Waals surface area contributed by atoms with Gasteiger partial charge in [0.2, 0.25) is 0 Å². The van der Waals surface area contributed by atoms with E-state index in [-0.39, 0.29) is 5.91 Å². The molecule has 0 bridgehead atoms. The third kappa shape index (κ3) is 4.66. The van der Waals surface area contributed by atoms with Crippen LogP contribution in [0.25, 0.3) is 16.9 Å². The normalized spacial score (nSPS) is 10.5. The van der Waals surface area contributed by atoms with Gasteiger partial charge in [-0.15, -0.1) is 0 Å². The van der Waals surface area contributed by atoms with Crippen LogP contribution in [0, 0.1) is 18.3 Å². The number of para-hydroxylation sites is 1. The summed E-state index contributed by atoms with van der Waals surface area (Å²) >= 11 is 2.77. The predicted molar refractivity (Wildman–Crippen MR) is 127 cm³/mol. The predicted octanol–water partition coefficient (Wildman–Crippen LogP) is 5.18. The van der Waals surface area contributed by atoms with Crippen LogP contribution in [0.2, 0.25) is 0 Å². The Balaban J connectivity index is 1.69. The van der Waals surface area contributed by atoms with Crippen molar-refractivity contribution >= 4 is 34.1 Å². The molecule has 160 valence electrons. The van der Waals surface area contributed by atoms with E-state index in [1.54, 1.807) is 18.0 Å². The molecule has 0 spiro atoms. The average Bonchev–Trinajstić information content (AvgIpc) is 3.42. The number of anilines is 1. The fourth-order valence-corrected chi connectivity index (χ4v) is 4.84. The SMILES string of the molecule is COc1ccc(-c2nn(-c3ccccc3)cc2C(=O)Nc2nc(C)c(SCC#N)s2)cc1. The molecule has 2 aromatic carbocycles. The highest BCUT2D eigenvalue weighted by Crippen LogP contribution is 2.33. The van der Waals surface area contributed by atoms with Crippen LogP contribution in [-0.4, -0.2) is 33.5 Å². The fourth-order valence-electron chi connectivity index (χ4n) is 3.05. The molecule has 1 N–H and O–H groups in total. The maximum absolute atomic E-state index is 13.2. The molecule has 7 nitrogen and oxygen atoms in total. The lowest BCUT2D eigenvalue weighted by Crippen LogP contribution is -2.12. The topological polar surface area (TPSA) is 92.8 Å². The van der Waals surface area contributed by atoms with E-state index in [4.69, 9.17) is 15.1 Å². The Bertz CT molecular complexity index is 1270. The number of aryl methyl sites for hydroxylation is 1. The quantitative estimate of drug-likeness (QED) is 0.381. The zero-order chi connectivity index (χ0) is 22.5. The Kier molecular flexibility index (Phi) is 6.54. The van der Waals surface area contributed by atoms with E-state index < -0.39 is 0 Å². The minimum atomic E-state index is -0.302. The number of carbonyl (C=O) groups is 1. The standard InChI is InChI=1S/C23H19N5O2S2/c1-15-22(31-13-12-24)32-23(25-15)26-21(29)19-14-28(17-6-4-3-5-7-17)27-20(19)16-8-10-18(30-2)11-9-16/h3-11,14H,13H2,1-2H3,(H,25,26,29). The fraction of sp³-hybridized carbons (Fsp3) is 0.130. The average molecular weight is 462 g/mol. The molecule has 0 unspecified atom stereocenters. The molecular formula is C23H19N5O2S2. The van der Waals surface area contributed by atoms with Gasteiger partial charge in [-0.25, -0.2) is 9.67 Å². The number of nitrogens with zero attached hydrogens (tertiary/aromatic N) is 4. The number of rotatable bonds is 7. The summed E-state index contributed by atoms with van der Waals surface area (Å²) in [5.74, 6) is 0.758. The number of amides is 1. The first kappa shape index (κ1) is 21.6. The molecule has 0 atom stereocenters. The van der Waals surface area contributed by atoms with Crippen LogP contribution in [0.15, 0.2) is 65.0 Å². The van der Waals surface area contributed by atoms with Crippen molar-refractivity contribution < 1.29 is 9.53 Å². The summed E-state index contributed by atoms with van der Waals surface area (Å²) in [5, 5.41) is 16.9. The van der Waals surface area contributed by atoms with Gasteiger partial charge in [0.1, 0.15) is 11.4 Å². The number of nitriles is 1. The van der Waals surface area contributed by atoms with Gasteiger partial charge in [0.25, 0.3) is 5.91 Å². The van der Waals surface area contributed by atoms with Gasteiger partial charge in [-0.05, 0) is 43.3 Å². The molecule has 0 aliphatic heterocycles. The molecule has 4 rings (SSSR count). The van der Waals surface area contributed by atoms with Gasteiger partial charge in [-0.1, -0.05) is 41.3 Å². The number of carbonyl (C=O) groups excluding carboxylic acids is 1. The van der Waals surface area contributed by atoms with Crippen molar-refractivity contribution in [2.24, 2.45) is 0 Å². The van der Waals surface area contributed by atoms with Crippen molar-refractivity contribution in [3.05, 3.63) is 72.1 Å². The highest BCUT2D eigenvalue weighted by Gasteiger charge is 2.20. The summed E-state index contributed by atoms with van der Waals surface area (Å²) in [5.41, 5.74) is 3.42. The lowest BCUT2D eigenvalue weighted by Gasteiger charge is -2.04. The van der Waals surface area contributed by atoms with Crippen LogP contribution < -0.4 is 10.1 Å². The monoisotopic (exact) mass is 461 g/mol. The number of hydrogen-bond acceptors (Lipinski definition) is 7. The molecular weight excluding hydrogens is 442 g/mol. The van der Waals surface area contributed by atoms with Crippen molar-refractivity contribution in [1.82, 2.24) is 14.8 Å². The molecule has 32 heavy (non-hydrogen) atoms. The number of aromatic nitrogens is 3. The molecule has 2 aromatic heterocycles. The molecule has 4 aromatic rings. The van der Waals surface area contributed by atoms with Gasteiger partial charge in [0, 0.05) is 11.8 Å². The van der Waals surface area contributed by atoms with Gasteiger partial charge >= 0.3 is 0 Å². The van der Waals surface area contributed by atoms with Gasteiger partial charge < -0.3 is 4.74 Å². The second kappa shape index (κ2) is 9.68. The molecule has 0 saturated heterocycles. The summed E-state index contributed by atoms with van der Waals surface area (Å²) < 4.78 is 7.85. The van der Waals surface area contributed by atoms with Crippen molar-refractivity contribution in [3.8, 4) is 28.8 Å². The Labute approximate surface area is 193 Å². The first-order chi connectivity index (χ1) is 15.6. The summed E-state index contributed by atoms with van der Waals surface area (Å²) in [4.78, 5) is 17.7. The third-order valence-electron chi connectivity index (χ3n) is 4.59.